The molecule has 0 spiro atoms. The molecule has 2 amide bonds. The first-order chi connectivity index (χ1) is 7.06. The molecule has 0 saturated carbocycles. The van der Waals surface area contributed by atoms with Gasteiger partial charge in [0.2, 0.25) is 0 Å². The molecule has 4 nitrogen and oxygen atoms in total. The van der Waals surface area contributed by atoms with Crippen molar-refractivity contribution in [2.24, 2.45) is 5.92 Å². The molecule has 1 atom stereocenters. The van der Waals surface area contributed by atoms with Crippen molar-refractivity contribution in [1.82, 2.24) is 9.80 Å². The predicted octanol–water partition coefficient (Wildman–Crippen LogP) is 1.36. The highest BCUT2D eigenvalue weighted by Gasteiger charge is 2.27. The van der Waals surface area contributed by atoms with Crippen LogP contribution in [-0.4, -0.2) is 47.8 Å². The van der Waals surface area contributed by atoms with Crippen molar-refractivity contribution in [1.29, 1.82) is 0 Å². The van der Waals surface area contributed by atoms with Gasteiger partial charge in [-0.1, -0.05) is 6.92 Å². The molecule has 0 N–H and O–H groups in total. The summed E-state index contributed by atoms with van der Waals surface area (Å²) in [5.41, 5.74) is 0. The Labute approximate surface area is 91.2 Å². The Morgan fingerprint density at radius 1 is 1.33 bits per heavy atom. The average Bonchev–Trinajstić information content (AvgIpc) is 2.20. The van der Waals surface area contributed by atoms with E-state index in [4.69, 9.17) is 0 Å². The van der Waals surface area contributed by atoms with Crippen LogP contribution in [0.2, 0.25) is 0 Å². The molecule has 0 radical (unpaired) electrons. The lowest BCUT2D eigenvalue weighted by Gasteiger charge is -2.38. The van der Waals surface area contributed by atoms with E-state index in [0.29, 0.717) is 6.54 Å². The molecule has 1 fully saturated rings. The first-order valence-corrected chi connectivity index (χ1v) is 5.57. The Balaban J connectivity index is 2.58. The lowest BCUT2D eigenvalue weighted by molar-refractivity contribution is -0.111. The van der Waals surface area contributed by atoms with E-state index in [1.54, 1.807) is 4.90 Å². The number of carbonyl (C=O) groups excluding carboxylic acids is 2. The number of hydrogen-bond acceptors (Lipinski definition) is 2. The summed E-state index contributed by atoms with van der Waals surface area (Å²) in [6.45, 7) is 8.04. The largest absolute Gasteiger partial charge is 0.324 e. The van der Waals surface area contributed by atoms with Crippen LogP contribution >= 0.6 is 0 Å². The van der Waals surface area contributed by atoms with E-state index in [0.717, 1.165) is 25.8 Å². The summed E-state index contributed by atoms with van der Waals surface area (Å²) in [7, 11) is 0. The number of aldehydes is 1. The minimum atomic E-state index is -0.0685. The Hall–Kier alpha value is -1.06. The van der Waals surface area contributed by atoms with Gasteiger partial charge >= 0.3 is 6.03 Å². The standard InChI is InChI=1S/C11H20N2O2/c1-9(2)13-6-4-5-12(11(13)15)7-10(3)8-14/h8-10H,4-7H2,1-3H3. The Bertz CT molecular complexity index is 241. The monoisotopic (exact) mass is 212 g/mol. The third kappa shape index (κ3) is 2.94. The molecule has 0 aliphatic carbocycles. The topological polar surface area (TPSA) is 40.6 Å². The third-order valence-electron chi connectivity index (χ3n) is 2.71. The Kier molecular flexibility index (Phi) is 4.12. The fraction of sp³-hybridized carbons (Fsp3) is 0.818. The molecule has 1 heterocycles. The van der Waals surface area contributed by atoms with Crippen LogP contribution in [0.5, 0.6) is 0 Å². The molecule has 1 rings (SSSR count). The lowest BCUT2D eigenvalue weighted by atomic mass is 10.1. The zero-order chi connectivity index (χ0) is 11.4. The van der Waals surface area contributed by atoms with Crippen LogP contribution in [-0.2, 0) is 4.79 Å². The van der Waals surface area contributed by atoms with Crippen LogP contribution in [0.3, 0.4) is 0 Å². The molecular formula is C11H20N2O2. The maximum Gasteiger partial charge on any atom is 0.320 e. The average molecular weight is 212 g/mol. The van der Waals surface area contributed by atoms with Crippen LogP contribution < -0.4 is 0 Å². The van der Waals surface area contributed by atoms with Crippen molar-refractivity contribution in [2.45, 2.75) is 33.2 Å². The van der Waals surface area contributed by atoms with Crippen LogP contribution in [0, 0.1) is 5.92 Å². The quantitative estimate of drug-likeness (QED) is 0.660. The zero-order valence-electron chi connectivity index (χ0n) is 9.77. The number of nitrogens with zero attached hydrogens (tertiary/aromatic N) is 2. The van der Waals surface area contributed by atoms with E-state index in [2.05, 4.69) is 0 Å². The summed E-state index contributed by atoms with van der Waals surface area (Å²) >= 11 is 0. The second kappa shape index (κ2) is 5.14. The molecule has 0 aromatic carbocycles. The molecule has 15 heavy (non-hydrogen) atoms. The number of urea groups is 1. The maximum absolute atomic E-state index is 12.0. The first-order valence-electron chi connectivity index (χ1n) is 5.57. The van der Waals surface area contributed by atoms with Crippen molar-refractivity contribution < 1.29 is 9.59 Å². The smallest absolute Gasteiger partial charge is 0.320 e. The molecule has 0 bridgehead atoms. The van der Waals surface area contributed by atoms with E-state index < -0.39 is 0 Å². The summed E-state index contributed by atoms with van der Waals surface area (Å²) in [6.07, 6.45) is 1.90. The van der Waals surface area contributed by atoms with Gasteiger partial charge in [-0.2, -0.15) is 0 Å². The molecule has 1 aliphatic heterocycles. The van der Waals surface area contributed by atoms with Gasteiger partial charge < -0.3 is 14.6 Å². The summed E-state index contributed by atoms with van der Waals surface area (Å²) in [5.74, 6) is -0.0685. The van der Waals surface area contributed by atoms with Crippen LogP contribution in [0.25, 0.3) is 0 Å². The molecule has 0 aromatic heterocycles. The second-order valence-corrected chi connectivity index (χ2v) is 4.48. The third-order valence-corrected chi connectivity index (χ3v) is 2.71. The van der Waals surface area contributed by atoms with Crippen molar-refractivity contribution in [3.63, 3.8) is 0 Å². The van der Waals surface area contributed by atoms with Gasteiger partial charge in [0, 0.05) is 31.6 Å². The van der Waals surface area contributed by atoms with Crippen LogP contribution in [0.1, 0.15) is 27.2 Å². The number of amides is 2. The van der Waals surface area contributed by atoms with Crippen LogP contribution in [0.15, 0.2) is 0 Å². The Morgan fingerprint density at radius 3 is 2.53 bits per heavy atom. The predicted molar refractivity (Wildman–Crippen MR) is 58.7 cm³/mol. The van der Waals surface area contributed by atoms with Gasteiger partial charge in [-0.05, 0) is 20.3 Å². The van der Waals surface area contributed by atoms with E-state index in [1.807, 2.05) is 25.7 Å². The van der Waals surface area contributed by atoms with Gasteiger partial charge in [0.15, 0.2) is 0 Å². The highest BCUT2D eigenvalue weighted by Crippen LogP contribution is 2.13. The summed E-state index contributed by atoms with van der Waals surface area (Å²) in [5, 5.41) is 0. The number of rotatable bonds is 4. The van der Waals surface area contributed by atoms with Gasteiger partial charge in [0.1, 0.15) is 6.29 Å². The summed E-state index contributed by atoms with van der Waals surface area (Å²) in [6, 6.07) is 0.316. The van der Waals surface area contributed by atoms with E-state index >= 15 is 0 Å². The normalized spacial score (nSPS) is 19.6. The lowest BCUT2D eigenvalue weighted by Crippen LogP contribution is -2.52. The van der Waals surface area contributed by atoms with E-state index in [1.165, 1.54) is 0 Å². The summed E-state index contributed by atoms with van der Waals surface area (Å²) < 4.78 is 0. The number of carbonyl (C=O) groups is 2. The van der Waals surface area contributed by atoms with E-state index in [-0.39, 0.29) is 18.0 Å². The highest BCUT2D eigenvalue weighted by molar-refractivity contribution is 5.75. The number of hydrogen-bond donors (Lipinski definition) is 0. The van der Waals surface area contributed by atoms with Gasteiger partial charge in [0.25, 0.3) is 0 Å². The first kappa shape index (κ1) is 12.0. The molecule has 1 unspecified atom stereocenters. The van der Waals surface area contributed by atoms with Gasteiger partial charge in [-0.3, -0.25) is 0 Å². The molecule has 1 aliphatic rings. The van der Waals surface area contributed by atoms with Gasteiger partial charge in [-0.15, -0.1) is 0 Å². The molecular weight excluding hydrogens is 192 g/mol. The van der Waals surface area contributed by atoms with Gasteiger partial charge in [-0.25, -0.2) is 4.79 Å². The van der Waals surface area contributed by atoms with Crippen LogP contribution in [0.4, 0.5) is 4.79 Å². The van der Waals surface area contributed by atoms with Crippen molar-refractivity contribution in [3.05, 3.63) is 0 Å². The zero-order valence-corrected chi connectivity index (χ0v) is 9.77. The SMILES string of the molecule is CC(C=O)CN1CCCN(C(C)C)C1=O. The van der Waals surface area contributed by atoms with Crippen molar-refractivity contribution >= 4 is 12.3 Å². The highest BCUT2D eigenvalue weighted by atomic mass is 16.2. The fourth-order valence-corrected chi connectivity index (χ4v) is 1.84. The fourth-order valence-electron chi connectivity index (χ4n) is 1.84. The molecule has 4 heteroatoms. The Morgan fingerprint density at radius 2 is 2.00 bits per heavy atom. The maximum atomic E-state index is 12.0. The summed E-state index contributed by atoms with van der Waals surface area (Å²) in [4.78, 5) is 26.1. The minimum absolute atomic E-state index is 0.0685. The minimum Gasteiger partial charge on any atom is -0.324 e. The van der Waals surface area contributed by atoms with Gasteiger partial charge in [0.05, 0.1) is 0 Å². The molecule has 86 valence electrons. The van der Waals surface area contributed by atoms with Crippen molar-refractivity contribution in [3.8, 4) is 0 Å². The molecule has 0 aromatic rings. The molecule has 1 saturated heterocycles. The van der Waals surface area contributed by atoms with E-state index in [9.17, 15) is 9.59 Å². The second-order valence-electron chi connectivity index (χ2n) is 4.48. The van der Waals surface area contributed by atoms with Crippen molar-refractivity contribution in [2.75, 3.05) is 19.6 Å².